The number of hydrogen-bond donors (Lipinski definition) is 2. The first-order valence-corrected chi connectivity index (χ1v) is 7.69. The molecule has 0 aliphatic rings. The Morgan fingerprint density at radius 3 is 2.90 bits per heavy atom. The molecule has 0 aliphatic heterocycles. The van der Waals surface area contributed by atoms with Gasteiger partial charge in [-0.05, 0) is 32.0 Å². The van der Waals surface area contributed by atoms with Crippen molar-refractivity contribution in [3.63, 3.8) is 0 Å². The molecule has 1 aromatic carbocycles. The van der Waals surface area contributed by atoms with Gasteiger partial charge in [0.15, 0.2) is 0 Å². The minimum atomic E-state index is -0.728. The number of aromatic nitrogens is 1. The Labute approximate surface area is 123 Å². The highest BCUT2D eigenvalue weighted by Gasteiger charge is 2.22. The van der Waals surface area contributed by atoms with Crippen molar-refractivity contribution in [3.8, 4) is 0 Å². The molecule has 1 atom stereocenters. The van der Waals surface area contributed by atoms with Crippen molar-refractivity contribution in [1.82, 2.24) is 10.3 Å². The summed E-state index contributed by atoms with van der Waals surface area (Å²) in [6, 6.07) is 8.08. The predicted octanol–water partition coefficient (Wildman–Crippen LogP) is 2.22. The van der Waals surface area contributed by atoms with E-state index in [4.69, 9.17) is 4.74 Å². The molecule has 0 bridgehead atoms. The van der Waals surface area contributed by atoms with Gasteiger partial charge in [0.25, 0.3) is 0 Å². The van der Waals surface area contributed by atoms with Gasteiger partial charge in [-0.2, -0.15) is 0 Å². The minimum absolute atomic E-state index is 0.596. The quantitative estimate of drug-likeness (QED) is 0.733. The maximum absolute atomic E-state index is 10.4. The van der Waals surface area contributed by atoms with Gasteiger partial charge in [-0.15, -0.1) is 11.3 Å². The molecule has 5 heteroatoms. The van der Waals surface area contributed by atoms with Gasteiger partial charge in [0.05, 0.1) is 27.4 Å². The molecular weight excluding hydrogens is 272 g/mol. The number of para-hydroxylation sites is 1. The summed E-state index contributed by atoms with van der Waals surface area (Å²) in [4.78, 5) is 4.57. The molecule has 1 unspecified atom stereocenters. The topological polar surface area (TPSA) is 54.4 Å². The minimum Gasteiger partial charge on any atom is -0.390 e. The normalized spacial score (nSPS) is 14.6. The summed E-state index contributed by atoms with van der Waals surface area (Å²) in [5.74, 6) is 0. The van der Waals surface area contributed by atoms with Crippen molar-refractivity contribution in [2.24, 2.45) is 0 Å². The number of hydrogen-bond acceptors (Lipinski definition) is 5. The van der Waals surface area contributed by atoms with Gasteiger partial charge >= 0.3 is 0 Å². The number of ether oxygens (including phenoxy) is 1. The lowest BCUT2D eigenvalue weighted by Crippen LogP contribution is -2.33. The van der Waals surface area contributed by atoms with E-state index < -0.39 is 5.60 Å². The van der Waals surface area contributed by atoms with Crippen LogP contribution in [0.25, 0.3) is 10.2 Å². The van der Waals surface area contributed by atoms with Crippen LogP contribution in [0, 0.1) is 0 Å². The van der Waals surface area contributed by atoms with Crippen LogP contribution in [-0.2, 0) is 11.2 Å². The Bertz CT molecular complexity index is 506. The lowest BCUT2D eigenvalue weighted by molar-refractivity contribution is 0.0510. The second-order valence-corrected chi connectivity index (χ2v) is 6.36. The summed E-state index contributed by atoms with van der Waals surface area (Å²) in [5, 5.41) is 14.7. The van der Waals surface area contributed by atoms with Gasteiger partial charge in [-0.25, -0.2) is 4.98 Å². The highest BCUT2D eigenvalue weighted by atomic mass is 32.1. The molecule has 0 saturated carbocycles. The van der Waals surface area contributed by atoms with E-state index in [0.29, 0.717) is 19.4 Å². The monoisotopic (exact) mass is 294 g/mol. The summed E-state index contributed by atoms with van der Waals surface area (Å²) in [7, 11) is 1.69. The zero-order valence-electron chi connectivity index (χ0n) is 12.1. The predicted molar refractivity (Wildman–Crippen MR) is 83.3 cm³/mol. The molecule has 1 aromatic heterocycles. The SMILES string of the molecule is COCCNCCC(C)(O)Cc1nc2ccccc2s1. The van der Waals surface area contributed by atoms with Crippen LogP contribution in [0.15, 0.2) is 24.3 Å². The summed E-state index contributed by atoms with van der Waals surface area (Å²) in [6.07, 6.45) is 1.30. The third kappa shape index (κ3) is 4.52. The number of fused-ring (bicyclic) bond motifs is 1. The van der Waals surface area contributed by atoms with Crippen LogP contribution >= 0.6 is 11.3 Å². The van der Waals surface area contributed by atoms with Gasteiger partial charge < -0.3 is 15.2 Å². The Morgan fingerprint density at radius 2 is 2.15 bits per heavy atom. The lowest BCUT2D eigenvalue weighted by Gasteiger charge is -2.22. The molecule has 0 amide bonds. The number of thiazole rings is 1. The molecule has 0 fully saturated rings. The van der Waals surface area contributed by atoms with Crippen LogP contribution < -0.4 is 5.32 Å². The number of nitrogens with zero attached hydrogens (tertiary/aromatic N) is 1. The van der Waals surface area contributed by atoms with Crippen molar-refractivity contribution in [2.45, 2.75) is 25.4 Å². The lowest BCUT2D eigenvalue weighted by atomic mass is 9.98. The first-order chi connectivity index (χ1) is 9.61. The average molecular weight is 294 g/mol. The van der Waals surface area contributed by atoms with E-state index in [1.54, 1.807) is 18.4 Å². The van der Waals surface area contributed by atoms with Gasteiger partial charge in [0.1, 0.15) is 0 Å². The maximum atomic E-state index is 10.4. The van der Waals surface area contributed by atoms with Gasteiger partial charge in [0.2, 0.25) is 0 Å². The van der Waals surface area contributed by atoms with Crippen LogP contribution in [-0.4, -0.2) is 42.5 Å². The van der Waals surface area contributed by atoms with Crippen LogP contribution in [0.5, 0.6) is 0 Å². The van der Waals surface area contributed by atoms with E-state index >= 15 is 0 Å². The first-order valence-electron chi connectivity index (χ1n) is 6.87. The van der Waals surface area contributed by atoms with Crippen LogP contribution in [0.4, 0.5) is 0 Å². The molecular formula is C15H22N2O2S. The van der Waals surface area contributed by atoms with Crippen LogP contribution in [0.1, 0.15) is 18.4 Å². The van der Waals surface area contributed by atoms with E-state index in [9.17, 15) is 5.11 Å². The van der Waals surface area contributed by atoms with Crippen LogP contribution in [0.3, 0.4) is 0 Å². The van der Waals surface area contributed by atoms with E-state index in [0.717, 1.165) is 23.6 Å². The first kappa shape index (κ1) is 15.4. The van der Waals surface area contributed by atoms with Crippen molar-refractivity contribution in [2.75, 3.05) is 26.8 Å². The Balaban J connectivity index is 1.87. The van der Waals surface area contributed by atoms with Crippen molar-refractivity contribution in [3.05, 3.63) is 29.3 Å². The number of benzene rings is 1. The van der Waals surface area contributed by atoms with E-state index in [2.05, 4.69) is 16.4 Å². The van der Waals surface area contributed by atoms with E-state index in [1.165, 1.54) is 4.70 Å². The number of nitrogens with one attached hydrogen (secondary N) is 1. The standard InChI is InChI=1S/C15H22N2O2S/c1-15(18,7-8-16-9-10-19-2)11-14-17-12-5-3-4-6-13(12)20-14/h3-6,16,18H,7-11H2,1-2H3. The van der Waals surface area contributed by atoms with Crippen molar-refractivity contribution in [1.29, 1.82) is 0 Å². The van der Waals surface area contributed by atoms with Gasteiger partial charge in [0, 0.05) is 20.1 Å². The number of methoxy groups -OCH3 is 1. The molecule has 0 spiro atoms. The van der Waals surface area contributed by atoms with Gasteiger partial charge in [-0.3, -0.25) is 0 Å². The van der Waals surface area contributed by atoms with E-state index in [1.807, 2.05) is 25.1 Å². The molecule has 20 heavy (non-hydrogen) atoms. The Kier molecular flexibility index (Phi) is 5.48. The second-order valence-electron chi connectivity index (χ2n) is 5.24. The molecule has 2 rings (SSSR count). The second kappa shape index (κ2) is 7.13. The molecule has 1 heterocycles. The zero-order valence-corrected chi connectivity index (χ0v) is 12.9. The van der Waals surface area contributed by atoms with Crippen molar-refractivity contribution < 1.29 is 9.84 Å². The summed E-state index contributed by atoms with van der Waals surface area (Å²) >= 11 is 1.66. The average Bonchev–Trinajstić information content (AvgIpc) is 2.79. The highest BCUT2D eigenvalue weighted by Crippen LogP contribution is 2.25. The zero-order chi connectivity index (χ0) is 14.4. The number of aliphatic hydroxyl groups is 1. The largest absolute Gasteiger partial charge is 0.390 e. The fourth-order valence-electron chi connectivity index (χ4n) is 2.07. The van der Waals surface area contributed by atoms with Crippen LogP contribution in [0.2, 0.25) is 0 Å². The summed E-state index contributed by atoms with van der Waals surface area (Å²) in [6.45, 7) is 4.16. The molecule has 2 N–H and O–H groups in total. The molecule has 110 valence electrons. The fraction of sp³-hybridized carbons (Fsp3) is 0.533. The molecule has 0 saturated heterocycles. The highest BCUT2D eigenvalue weighted by molar-refractivity contribution is 7.18. The third-order valence-electron chi connectivity index (χ3n) is 3.19. The molecule has 2 aromatic rings. The smallest absolute Gasteiger partial charge is 0.0967 e. The summed E-state index contributed by atoms with van der Waals surface area (Å²) in [5.41, 5.74) is 0.287. The summed E-state index contributed by atoms with van der Waals surface area (Å²) < 4.78 is 6.15. The molecule has 0 radical (unpaired) electrons. The van der Waals surface area contributed by atoms with E-state index in [-0.39, 0.29) is 0 Å². The molecule has 4 nitrogen and oxygen atoms in total. The molecule has 0 aliphatic carbocycles. The maximum Gasteiger partial charge on any atom is 0.0967 e. The number of rotatable bonds is 8. The Morgan fingerprint density at radius 1 is 1.35 bits per heavy atom. The van der Waals surface area contributed by atoms with Crippen molar-refractivity contribution >= 4 is 21.6 Å². The van der Waals surface area contributed by atoms with Gasteiger partial charge in [-0.1, -0.05) is 12.1 Å². The third-order valence-corrected chi connectivity index (χ3v) is 4.23. The Hall–Kier alpha value is -1.01. The fourth-order valence-corrected chi connectivity index (χ4v) is 3.21.